The van der Waals surface area contributed by atoms with Gasteiger partial charge in [0, 0.05) is 29.0 Å². The molecule has 1 aromatic carbocycles. The van der Waals surface area contributed by atoms with Crippen LogP contribution in [0, 0.1) is 6.92 Å². The van der Waals surface area contributed by atoms with Gasteiger partial charge in [-0.15, -0.1) is 0 Å². The number of hydrogen-bond acceptors (Lipinski definition) is 2. The third-order valence-corrected chi connectivity index (χ3v) is 3.12. The first kappa shape index (κ1) is 11.5. The Morgan fingerprint density at radius 1 is 1.37 bits per heavy atom. The number of hydrogen-bond donors (Lipinski definition) is 3. The van der Waals surface area contributed by atoms with E-state index in [1.807, 2.05) is 31.2 Å². The van der Waals surface area contributed by atoms with Crippen molar-refractivity contribution in [3.05, 3.63) is 47.9 Å². The second kappa shape index (κ2) is 4.61. The van der Waals surface area contributed by atoms with Gasteiger partial charge in [0.25, 0.3) is 0 Å². The Morgan fingerprint density at radius 3 is 3.00 bits per heavy atom. The molecule has 0 bridgehead atoms. The number of carbonyl (C=O) groups is 1. The van der Waals surface area contributed by atoms with Crippen molar-refractivity contribution in [3.8, 4) is 0 Å². The first-order valence-corrected chi connectivity index (χ1v) is 6.09. The third kappa shape index (κ3) is 2.22. The maximum absolute atomic E-state index is 12.0. The van der Waals surface area contributed by atoms with Gasteiger partial charge in [0.2, 0.25) is 11.9 Å². The van der Waals surface area contributed by atoms with E-state index in [1.165, 1.54) is 0 Å². The number of fused-ring (bicyclic) bond motifs is 1. The fourth-order valence-electron chi connectivity index (χ4n) is 2.23. The van der Waals surface area contributed by atoms with Crippen LogP contribution in [0.4, 0.5) is 5.95 Å². The number of nitrogens with zero attached hydrogens (tertiary/aromatic N) is 1. The van der Waals surface area contributed by atoms with Gasteiger partial charge in [-0.1, -0.05) is 18.2 Å². The van der Waals surface area contributed by atoms with E-state index in [9.17, 15) is 4.79 Å². The monoisotopic (exact) mass is 254 g/mol. The van der Waals surface area contributed by atoms with Crippen LogP contribution in [0.1, 0.15) is 11.3 Å². The van der Waals surface area contributed by atoms with Crippen molar-refractivity contribution in [2.45, 2.75) is 13.3 Å². The Bertz CT molecular complexity index is 712. The molecule has 0 aliphatic heterocycles. The number of benzene rings is 1. The van der Waals surface area contributed by atoms with Crippen molar-refractivity contribution in [1.82, 2.24) is 15.0 Å². The molecule has 0 radical (unpaired) electrons. The van der Waals surface area contributed by atoms with Crippen molar-refractivity contribution >= 4 is 22.8 Å². The van der Waals surface area contributed by atoms with Gasteiger partial charge < -0.3 is 9.97 Å². The summed E-state index contributed by atoms with van der Waals surface area (Å²) < 4.78 is 0. The molecule has 3 N–H and O–H groups in total. The van der Waals surface area contributed by atoms with E-state index in [0.29, 0.717) is 12.4 Å². The summed E-state index contributed by atoms with van der Waals surface area (Å²) in [6, 6.07) is 7.99. The first-order valence-electron chi connectivity index (χ1n) is 6.09. The lowest BCUT2D eigenvalue weighted by atomic mass is 10.1. The zero-order chi connectivity index (χ0) is 13.2. The number of anilines is 1. The Hall–Kier alpha value is -2.56. The normalized spacial score (nSPS) is 10.8. The van der Waals surface area contributed by atoms with Crippen LogP contribution in [0.5, 0.6) is 0 Å². The van der Waals surface area contributed by atoms with Crippen LogP contribution in [0.25, 0.3) is 10.9 Å². The molecule has 5 heteroatoms. The minimum atomic E-state index is -0.0807. The van der Waals surface area contributed by atoms with Crippen LogP contribution in [0.15, 0.2) is 36.7 Å². The van der Waals surface area contributed by atoms with E-state index in [0.717, 1.165) is 22.2 Å². The molecular weight excluding hydrogens is 240 g/mol. The van der Waals surface area contributed by atoms with Crippen LogP contribution in [-0.4, -0.2) is 20.9 Å². The second-order valence-corrected chi connectivity index (χ2v) is 4.44. The molecular formula is C14H14N4O. The molecule has 0 saturated carbocycles. The predicted octanol–water partition coefficient (Wildman–Crippen LogP) is 2.38. The summed E-state index contributed by atoms with van der Waals surface area (Å²) in [5.74, 6) is 0.394. The van der Waals surface area contributed by atoms with Gasteiger partial charge in [-0.05, 0) is 18.6 Å². The van der Waals surface area contributed by atoms with Crippen molar-refractivity contribution in [3.63, 3.8) is 0 Å². The van der Waals surface area contributed by atoms with Crippen LogP contribution in [0.2, 0.25) is 0 Å². The van der Waals surface area contributed by atoms with Crippen LogP contribution in [0.3, 0.4) is 0 Å². The van der Waals surface area contributed by atoms with Crippen LogP contribution >= 0.6 is 0 Å². The van der Waals surface area contributed by atoms with Gasteiger partial charge in [-0.3, -0.25) is 10.1 Å². The number of rotatable bonds is 3. The number of aromatic nitrogens is 3. The van der Waals surface area contributed by atoms with Crippen LogP contribution < -0.4 is 5.32 Å². The van der Waals surface area contributed by atoms with Gasteiger partial charge in [0.05, 0.1) is 6.42 Å². The maximum Gasteiger partial charge on any atom is 0.231 e. The molecule has 1 amide bonds. The van der Waals surface area contributed by atoms with Gasteiger partial charge >= 0.3 is 0 Å². The average molecular weight is 254 g/mol. The molecule has 0 unspecified atom stereocenters. The molecule has 19 heavy (non-hydrogen) atoms. The number of nitrogens with one attached hydrogen (secondary N) is 3. The highest BCUT2D eigenvalue weighted by Gasteiger charge is 2.12. The fraction of sp³-hybridized carbons (Fsp3) is 0.143. The highest BCUT2D eigenvalue weighted by molar-refractivity contribution is 5.95. The number of aromatic amines is 2. The lowest BCUT2D eigenvalue weighted by Gasteiger charge is -2.02. The van der Waals surface area contributed by atoms with Crippen LogP contribution in [-0.2, 0) is 11.2 Å². The lowest BCUT2D eigenvalue weighted by molar-refractivity contribution is -0.115. The van der Waals surface area contributed by atoms with E-state index in [-0.39, 0.29) is 5.91 Å². The fourth-order valence-corrected chi connectivity index (χ4v) is 2.23. The Labute approximate surface area is 110 Å². The number of aryl methyl sites for hydroxylation is 1. The second-order valence-electron chi connectivity index (χ2n) is 4.44. The number of amides is 1. The minimum Gasteiger partial charge on any atom is -0.358 e. The zero-order valence-corrected chi connectivity index (χ0v) is 10.5. The molecule has 0 spiro atoms. The summed E-state index contributed by atoms with van der Waals surface area (Å²) in [5, 5.41) is 3.82. The smallest absolute Gasteiger partial charge is 0.231 e. The largest absolute Gasteiger partial charge is 0.358 e. The predicted molar refractivity (Wildman–Crippen MR) is 74.0 cm³/mol. The molecule has 0 fully saturated rings. The van der Waals surface area contributed by atoms with Crippen molar-refractivity contribution < 1.29 is 4.79 Å². The van der Waals surface area contributed by atoms with E-state index in [2.05, 4.69) is 20.3 Å². The number of imidazole rings is 1. The summed E-state index contributed by atoms with van der Waals surface area (Å²) in [6.07, 6.45) is 3.61. The van der Waals surface area contributed by atoms with E-state index >= 15 is 0 Å². The van der Waals surface area contributed by atoms with Gasteiger partial charge in [-0.25, -0.2) is 4.98 Å². The minimum absolute atomic E-state index is 0.0807. The zero-order valence-electron chi connectivity index (χ0n) is 10.5. The number of H-pyrrole nitrogens is 2. The molecule has 2 heterocycles. The Morgan fingerprint density at radius 2 is 2.21 bits per heavy atom. The molecule has 96 valence electrons. The average Bonchev–Trinajstić information content (AvgIpc) is 2.99. The molecule has 3 rings (SSSR count). The summed E-state index contributed by atoms with van der Waals surface area (Å²) in [4.78, 5) is 22.1. The molecule has 3 aromatic rings. The van der Waals surface area contributed by atoms with Crippen molar-refractivity contribution in [2.75, 3.05) is 5.32 Å². The molecule has 0 aliphatic rings. The Balaban J connectivity index is 1.85. The molecule has 2 aromatic heterocycles. The summed E-state index contributed by atoms with van der Waals surface area (Å²) in [7, 11) is 0. The van der Waals surface area contributed by atoms with Crippen molar-refractivity contribution in [1.29, 1.82) is 0 Å². The summed E-state index contributed by atoms with van der Waals surface area (Å²) >= 11 is 0. The SMILES string of the molecule is Cc1[nH]c2ccccc2c1CC(=O)Nc1ncc[nH]1. The third-order valence-electron chi connectivity index (χ3n) is 3.12. The standard InChI is InChI=1S/C14H14N4O/c1-9-11(10-4-2-3-5-12(10)17-9)8-13(19)18-14-15-6-7-16-14/h2-7,17H,8H2,1H3,(H2,15,16,18,19). The van der Waals surface area contributed by atoms with Gasteiger partial charge in [0.1, 0.15) is 0 Å². The first-order chi connectivity index (χ1) is 9.24. The van der Waals surface area contributed by atoms with E-state index < -0.39 is 0 Å². The van der Waals surface area contributed by atoms with Gasteiger partial charge in [-0.2, -0.15) is 0 Å². The molecule has 0 saturated heterocycles. The topological polar surface area (TPSA) is 73.6 Å². The van der Waals surface area contributed by atoms with Crippen molar-refractivity contribution in [2.24, 2.45) is 0 Å². The summed E-state index contributed by atoms with van der Waals surface area (Å²) in [6.45, 7) is 1.98. The highest BCUT2D eigenvalue weighted by atomic mass is 16.1. The molecule has 0 atom stereocenters. The maximum atomic E-state index is 12.0. The number of para-hydroxylation sites is 1. The number of carbonyl (C=O) groups excluding carboxylic acids is 1. The quantitative estimate of drug-likeness (QED) is 0.671. The highest BCUT2D eigenvalue weighted by Crippen LogP contribution is 2.22. The summed E-state index contributed by atoms with van der Waals surface area (Å²) in [5.41, 5.74) is 3.11. The lowest BCUT2D eigenvalue weighted by Crippen LogP contribution is -2.15. The molecule has 0 aliphatic carbocycles. The molecule has 5 nitrogen and oxygen atoms in total. The van der Waals surface area contributed by atoms with E-state index in [1.54, 1.807) is 12.4 Å². The van der Waals surface area contributed by atoms with E-state index in [4.69, 9.17) is 0 Å². The van der Waals surface area contributed by atoms with Gasteiger partial charge in [0.15, 0.2) is 0 Å². The Kier molecular flexibility index (Phi) is 2.79.